The minimum absolute atomic E-state index is 0.603. The third-order valence-electron chi connectivity index (χ3n) is 5.46. The van der Waals surface area contributed by atoms with Gasteiger partial charge in [0, 0.05) is 45.9 Å². The maximum absolute atomic E-state index is 5.71. The Morgan fingerprint density at radius 1 is 0.742 bits per heavy atom. The Bertz CT molecular complexity index is 514. The molecule has 1 saturated heterocycles. The van der Waals surface area contributed by atoms with E-state index in [0.29, 0.717) is 32.3 Å². The van der Waals surface area contributed by atoms with Crippen LogP contribution in [-0.2, 0) is 20.8 Å². The van der Waals surface area contributed by atoms with Crippen LogP contribution in [0, 0.1) is 0 Å². The summed E-state index contributed by atoms with van der Waals surface area (Å²) in [4.78, 5) is 5.05. The van der Waals surface area contributed by atoms with Crippen LogP contribution in [0.1, 0.15) is 64.5 Å². The van der Waals surface area contributed by atoms with Gasteiger partial charge in [0.25, 0.3) is 0 Å². The van der Waals surface area contributed by atoms with Gasteiger partial charge in [-0.1, -0.05) is 65.3 Å². The van der Waals surface area contributed by atoms with Crippen molar-refractivity contribution in [1.82, 2.24) is 9.80 Å². The molecule has 0 aromatic heterocycles. The Balaban J connectivity index is 0.00000233. The molecule has 1 aliphatic rings. The predicted octanol–water partition coefficient (Wildman–Crippen LogP) is 4.80. The van der Waals surface area contributed by atoms with Crippen LogP contribution in [0.5, 0.6) is 0 Å². The second kappa shape index (κ2) is 18.6. The number of nitrogens with zero attached hydrogens (tertiary/aromatic N) is 2. The van der Waals surface area contributed by atoms with Crippen molar-refractivity contribution >= 4 is 0 Å². The summed E-state index contributed by atoms with van der Waals surface area (Å²) in [6.45, 7) is 21.5. The zero-order chi connectivity index (χ0) is 22.7. The van der Waals surface area contributed by atoms with E-state index in [1.165, 1.54) is 17.5 Å². The number of benzene rings is 1. The summed E-state index contributed by atoms with van der Waals surface area (Å²) >= 11 is 0. The van der Waals surface area contributed by atoms with Gasteiger partial charge < -0.3 is 14.2 Å². The summed E-state index contributed by atoms with van der Waals surface area (Å²) in [5, 5.41) is 0. The quantitative estimate of drug-likeness (QED) is 0.369. The van der Waals surface area contributed by atoms with Crippen LogP contribution in [0.15, 0.2) is 24.3 Å². The Hall–Kier alpha value is -0.980. The van der Waals surface area contributed by atoms with E-state index in [0.717, 1.165) is 58.9 Å². The zero-order valence-corrected chi connectivity index (χ0v) is 20.9. The molecule has 0 radical (unpaired) electrons. The molecule has 1 heterocycles. The highest BCUT2D eigenvalue weighted by molar-refractivity contribution is 5.24. The number of unbranched alkanes of at least 4 members (excludes halogenated alkanes) is 1. The van der Waals surface area contributed by atoms with Gasteiger partial charge in [0.1, 0.15) is 0 Å². The lowest BCUT2D eigenvalue weighted by atomic mass is 10.0. The van der Waals surface area contributed by atoms with Gasteiger partial charge in [-0.05, 0) is 23.5 Å². The molecule has 0 unspecified atom stereocenters. The summed E-state index contributed by atoms with van der Waals surface area (Å²) in [5.41, 5.74) is 2.84. The second-order valence-corrected chi connectivity index (χ2v) is 8.20. The van der Waals surface area contributed by atoms with E-state index >= 15 is 0 Å². The van der Waals surface area contributed by atoms with Crippen molar-refractivity contribution in [2.75, 3.05) is 72.4 Å². The minimum atomic E-state index is 0.603. The third-order valence-corrected chi connectivity index (χ3v) is 5.46. The van der Waals surface area contributed by atoms with Crippen LogP contribution in [-0.4, -0.2) is 82.2 Å². The molecule has 0 atom stereocenters. The van der Waals surface area contributed by atoms with E-state index in [4.69, 9.17) is 14.2 Å². The molecule has 1 aromatic rings. The molecule has 0 N–H and O–H groups in total. The highest BCUT2D eigenvalue weighted by Gasteiger charge is 2.16. The first-order chi connectivity index (χ1) is 15.2. The van der Waals surface area contributed by atoms with Crippen molar-refractivity contribution in [2.45, 2.75) is 59.9 Å². The molecule has 0 saturated carbocycles. The zero-order valence-electron chi connectivity index (χ0n) is 20.9. The highest BCUT2D eigenvalue weighted by atomic mass is 16.5. The van der Waals surface area contributed by atoms with Gasteiger partial charge in [-0.15, -0.1) is 0 Å². The van der Waals surface area contributed by atoms with E-state index in [1.807, 2.05) is 13.8 Å². The maximum Gasteiger partial charge on any atom is 0.0701 e. The van der Waals surface area contributed by atoms with Gasteiger partial charge in [-0.2, -0.15) is 0 Å². The Morgan fingerprint density at radius 3 is 1.81 bits per heavy atom. The van der Waals surface area contributed by atoms with Crippen LogP contribution in [0.4, 0.5) is 0 Å². The molecule has 5 heteroatoms. The van der Waals surface area contributed by atoms with Crippen LogP contribution < -0.4 is 0 Å². The van der Waals surface area contributed by atoms with Crippen molar-refractivity contribution < 1.29 is 14.2 Å². The fraction of sp³-hybridized carbons (Fsp3) is 0.769. The minimum Gasteiger partial charge on any atom is -0.379 e. The Labute approximate surface area is 192 Å². The van der Waals surface area contributed by atoms with Crippen LogP contribution >= 0.6 is 0 Å². The number of piperazine rings is 1. The van der Waals surface area contributed by atoms with E-state index in [2.05, 4.69) is 54.8 Å². The molecule has 1 fully saturated rings. The molecule has 1 aliphatic heterocycles. The topological polar surface area (TPSA) is 34.2 Å². The Kier molecular flexibility index (Phi) is 16.8. The number of rotatable bonds is 15. The fourth-order valence-electron chi connectivity index (χ4n) is 3.42. The van der Waals surface area contributed by atoms with Crippen molar-refractivity contribution in [2.24, 2.45) is 0 Å². The average molecular weight is 437 g/mol. The second-order valence-electron chi connectivity index (χ2n) is 8.20. The summed E-state index contributed by atoms with van der Waals surface area (Å²) in [7, 11) is 0. The third kappa shape index (κ3) is 13.2. The highest BCUT2D eigenvalue weighted by Crippen LogP contribution is 2.16. The SMILES string of the molecule is CC.CCCCOCCOCCOCCN1CCN(Cc2ccc(C(C)C)cc2)CC1. The number of hydrogen-bond donors (Lipinski definition) is 0. The summed E-state index contributed by atoms with van der Waals surface area (Å²) in [6.07, 6.45) is 2.30. The molecular formula is C26H48N2O3. The molecule has 5 nitrogen and oxygen atoms in total. The summed E-state index contributed by atoms with van der Waals surface area (Å²) < 4.78 is 16.7. The van der Waals surface area contributed by atoms with Gasteiger partial charge in [0.15, 0.2) is 0 Å². The molecule has 2 rings (SSSR count). The van der Waals surface area contributed by atoms with E-state index < -0.39 is 0 Å². The molecule has 180 valence electrons. The first-order valence-corrected chi connectivity index (χ1v) is 12.5. The molecule has 0 spiro atoms. The largest absolute Gasteiger partial charge is 0.379 e. The first-order valence-electron chi connectivity index (χ1n) is 12.5. The summed E-state index contributed by atoms with van der Waals surface area (Å²) in [6, 6.07) is 9.12. The van der Waals surface area contributed by atoms with Crippen LogP contribution in [0.3, 0.4) is 0 Å². The molecule has 0 bridgehead atoms. The molecular weight excluding hydrogens is 388 g/mol. The van der Waals surface area contributed by atoms with Gasteiger partial charge in [-0.3, -0.25) is 9.80 Å². The van der Waals surface area contributed by atoms with Gasteiger partial charge in [0.2, 0.25) is 0 Å². The van der Waals surface area contributed by atoms with Crippen molar-refractivity contribution in [3.05, 3.63) is 35.4 Å². The van der Waals surface area contributed by atoms with E-state index in [9.17, 15) is 0 Å². The van der Waals surface area contributed by atoms with Gasteiger partial charge >= 0.3 is 0 Å². The maximum atomic E-state index is 5.71. The molecule has 31 heavy (non-hydrogen) atoms. The average Bonchev–Trinajstić information content (AvgIpc) is 2.80. The molecule has 1 aromatic carbocycles. The van der Waals surface area contributed by atoms with Crippen LogP contribution in [0.2, 0.25) is 0 Å². The van der Waals surface area contributed by atoms with Crippen molar-refractivity contribution in [1.29, 1.82) is 0 Å². The first kappa shape index (κ1) is 28.1. The predicted molar refractivity (Wildman–Crippen MR) is 131 cm³/mol. The van der Waals surface area contributed by atoms with Crippen molar-refractivity contribution in [3.8, 4) is 0 Å². The summed E-state index contributed by atoms with van der Waals surface area (Å²) in [5.74, 6) is 0.603. The molecule has 0 amide bonds. The van der Waals surface area contributed by atoms with Gasteiger partial charge in [-0.25, -0.2) is 0 Å². The Morgan fingerprint density at radius 2 is 1.26 bits per heavy atom. The fourth-order valence-corrected chi connectivity index (χ4v) is 3.42. The number of hydrogen-bond acceptors (Lipinski definition) is 5. The molecule has 0 aliphatic carbocycles. The normalized spacial score (nSPS) is 15.2. The van der Waals surface area contributed by atoms with E-state index in [-0.39, 0.29) is 0 Å². The smallest absolute Gasteiger partial charge is 0.0701 e. The lowest BCUT2D eigenvalue weighted by Crippen LogP contribution is -2.46. The van der Waals surface area contributed by atoms with E-state index in [1.54, 1.807) is 0 Å². The monoisotopic (exact) mass is 436 g/mol. The van der Waals surface area contributed by atoms with Crippen LogP contribution in [0.25, 0.3) is 0 Å². The standard InChI is InChI=1S/C24H42N2O3.C2H6/c1-4-5-15-27-17-19-29-20-18-28-16-14-25-10-12-26(13-11-25)21-23-6-8-24(9-7-23)22(2)3;1-2/h6-9,22H,4-5,10-21H2,1-3H3;1-2H3. The lowest BCUT2D eigenvalue weighted by molar-refractivity contribution is 0.00739. The number of ether oxygens (including phenoxy) is 3. The lowest BCUT2D eigenvalue weighted by Gasteiger charge is -2.34. The van der Waals surface area contributed by atoms with Crippen molar-refractivity contribution in [3.63, 3.8) is 0 Å². The van der Waals surface area contributed by atoms with Gasteiger partial charge in [0.05, 0.1) is 33.0 Å².